The fourth-order valence-corrected chi connectivity index (χ4v) is 2.00. The van der Waals surface area contributed by atoms with E-state index in [2.05, 4.69) is 33.2 Å². The molecule has 1 saturated heterocycles. The van der Waals surface area contributed by atoms with Gasteiger partial charge in [-0.15, -0.1) is 12.4 Å². The number of hydrogen-bond donors (Lipinski definition) is 2. The summed E-state index contributed by atoms with van der Waals surface area (Å²) < 4.78 is 1.09. The normalized spacial score (nSPS) is 14.8. The Hall–Kier alpha value is -0.330. The number of halogens is 2. The molecule has 88 valence electrons. The Morgan fingerprint density at radius 2 is 2.25 bits per heavy atom. The van der Waals surface area contributed by atoms with Gasteiger partial charge in [0.2, 0.25) is 0 Å². The zero-order chi connectivity index (χ0) is 10.7. The third-order valence-electron chi connectivity index (χ3n) is 2.50. The summed E-state index contributed by atoms with van der Waals surface area (Å²) >= 11 is 2.21. The lowest BCUT2D eigenvalue weighted by molar-refractivity contribution is 0.0942. The predicted molar refractivity (Wildman–Crippen MR) is 75.1 cm³/mol. The fraction of sp³-hybridized carbons (Fsp3) is 0.364. The maximum Gasteiger partial charge on any atom is 0.251 e. The number of carbonyl (C=O) groups excluding carboxylic acids is 1. The van der Waals surface area contributed by atoms with Crippen LogP contribution >= 0.6 is 35.0 Å². The lowest BCUT2D eigenvalue weighted by atomic mass is 10.0. The molecule has 1 aliphatic heterocycles. The molecule has 0 bridgehead atoms. The number of nitrogens with one attached hydrogen (secondary N) is 2. The molecule has 0 spiro atoms. The molecule has 5 heteroatoms. The summed E-state index contributed by atoms with van der Waals surface area (Å²) in [4.78, 5) is 11.7. The lowest BCUT2D eigenvalue weighted by Crippen LogP contribution is -2.48. The van der Waals surface area contributed by atoms with Gasteiger partial charge in [0.15, 0.2) is 0 Å². The van der Waals surface area contributed by atoms with E-state index in [0.717, 1.165) is 28.8 Å². The molecular weight excluding hydrogens is 338 g/mol. The summed E-state index contributed by atoms with van der Waals surface area (Å²) in [5.41, 5.74) is 0.745. The molecule has 2 rings (SSSR count). The monoisotopic (exact) mass is 352 g/mol. The SMILES string of the molecule is Cl.O=C(NCC1CNC1)c1cccc(I)c1. The van der Waals surface area contributed by atoms with Crippen LogP contribution < -0.4 is 10.6 Å². The van der Waals surface area contributed by atoms with Crippen molar-refractivity contribution in [3.05, 3.63) is 33.4 Å². The van der Waals surface area contributed by atoms with Crippen LogP contribution in [0.15, 0.2) is 24.3 Å². The van der Waals surface area contributed by atoms with Gasteiger partial charge in [0.05, 0.1) is 0 Å². The van der Waals surface area contributed by atoms with E-state index in [9.17, 15) is 4.79 Å². The van der Waals surface area contributed by atoms with E-state index in [4.69, 9.17) is 0 Å². The van der Waals surface area contributed by atoms with Crippen LogP contribution in [0.1, 0.15) is 10.4 Å². The maximum absolute atomic E-state index is 11.7. The summed E-state index contributed by atoms with van der Waals surface area (Å²) in [5, 5.41) is 6.13. The van der Waals surface area contributed by atoms with Crippen LogP contribution in [0.4, 0.5) is 0 Å². The molecule has 1 fully saturated rings. The van der Waals surface area contributed by atoms with E-state index in [1.165, 1.54) is 0 Å². The molecule has 1 aromatic carbocycles. The number of amides is 1. The van der Waals surface area contributed by atoms with Crippen LogP contribution in [0.2, 0.25) is 0 Å². The molecule has 0 saturated carbocycles. The van der Waals surface area contributed by atoms with E-state index < -0.39 is 0 Å². The molecule has 1 heterocycles. The van der Waals surface area contributed by atoms with Gasteiger partial charge in [0.25, 0.3) is 5.91 Å². The van der Waals surface area contributed by atoms with Gasteiger partial charge in [0.1, 0.15) is 0 Å². The van der Waals surface area contributed by atoms with Crippen molar-refractivity contribution in [2.45, 2.75) is 0 Å². The van der Waals surface area contributed by atoms with Gasteiger partial charge in [0, 0.05) is 34.7 Å². The molecule has 1 aliphatic rings. The molecule has 0 aromatic heterocycles. The van der Waals surface area contributed by atoms with E-state index in [0.29, 0.717) is 5.92 Å². The first kappa shape index (κ1) is 13.7. The topological polar surface area (TPSA) is 41.1 Å². The number of carbonyl (C=O) groups is 1. The first-order chi connectivity index (χ1) is 7.25. The molecule has 0 radical (unpaired) electrons. The molecule has 0 unspecified atom stereocenters. The molecule has 16 heavy (non-hydrogen) atoms. The van der Waals surface area contributed by atoms with Crippen molar-refractivity contribution in [1.82, 2.24) is 10.6 Å². The summed E-state index contributed by atoms with van der Waals surface area (Å²) in [6, 6.07) is 7.63. The number of rotatable bonds is 3. The van der Waals surface area contributed by atoms with Crippen molar-refractivity contribution >= 4 is 40.9 Å². The minimum atomic E-state index is 0. The van der Waals surface area contributed by atoms with Crippen molar-refractivity contribution < 1.29 is 4.79 Å². The highest BCUT2D eigenvalue weighted by atomic mass is 127. The maximum atomic E-state index is 11.7. The third kappa shape index (κ3) is 3.61. The highest BCUT2D eigenvalue weighted by molar-refractivity contribution is 14.1. The predicted octanol–water partition coefficient (Wildman–Crippen LogP) is 1.66. The Morgan fingerprint density at radius 1 is 1.50 bits per heavy atom. The van der Waals surface area contributed by atoms with Crippen LogP contribution in [0.5, 0.6) is 0 Å². The molecule has 0 aliphatic carbocycles. The van der Waals surface area contributed by atoms with Crippen molar-refractivity contribution in [2.75, 3.05) is 19.6 Å². The zero-order valence-electron chi connectivity index (χ0n) is 8.70. The average molecular weight is 353 g/mol. The van der Waals surface area contributed by atoms with E-state index >= 15 is 0 Å². The summed E-state index contributed by atoms with van der Waals surface area (Å²) in [6.07, 6.45) is 0. The van der Waals surface area contributed by atoms with Crippen molar-refractivity contribution in [3.8, 4) is 0 Å². The zero-order valence-corrected chi connectivity index (χ0v) is 11.7. The molecule has 1 aromatic rings. The number of hydrogen-bond acceptors (Lipinski definition) is 2. The number of benzene rings is 1. The highest BCUT2D eigenvalue weighted by Gasteiger charge is 2.17. The molecular formula is C11H14ClIN2O. The third-order valence-corrected chi connectivity index (χ3v) is 3.18. The first-order valence-corrected chi connectivity index (χ1v) is 6.08. The van der Waals surface area contributed by atoms with Gasteiger partial charge >= 0.3 is 0 Å². The van der Waals surface area contributed by atoms with Crippen molar-refractivity contribution in [3.63, 3.8) is 0 Å². The lowest BCUT2D eigenvalue weighted by Gasteiger charge is -2.27. The molecule has 3 nitrogen and oxygen atoms in total. The Bertz CT molecular complexity index is 369. The van der Waals surface area contributed by atoms with Gasteiger partial charge in [-0.1, -0.05) is 6.07 Å². The molecule has 2 N–H and O–H groups in total. The Kier molecular flexibility index (Phi) is 5.51. The van der Waals surface area contributed by atoms with E-state index in [1.807, 2.05) is 24.3 Å². The van der Waals surface area contributed by atoms with Crippen LogP contribution in [-0.4, -0.2) is 25.5 Å². The van der Waals surface area contributed by atoms with Crippen LogP contribution in [0, 0.1) is 9.49 Å². The Labute approximate surface area is 115 Å². The van der Waals surface area contributed by atoms with Gasteiger partial charge in [-0.2, -0.15) is 0 Å². The summed E-state index contributed by atoms with van der Waals surface area (Å²) in [7, 11) is 0. The first-order valence-electron chi connectivity index (χ1n) is 5.00. The standard InChI is InChI=1S/C11H13IN2O.ClH/c12-10-3-1-2-9(4-10)11(15)14-7-8-5-13-6-8;/h1-4,8,13H,5-7H2,(H,14,15);1H. The van der Waals surface area contributed by atoms with Gasteiger partial charge in [-0.25, -0.2) is 0 Å². The van der Waals surface area contributed by atoms with Crippen molar-refractivity contribution in [2.24, 2.45) is 5.92 Å². The summed E-state index contributed by atoms with van der Waals surface area (Å²) in [6.45, 7) is 2.82. The van der Waals surface area contributed by atoms with Crippen LogP contribution in [0.3, 0.4) is 0 Å². The Balaban J connectivity index is 0.00000128. The smallest absolute Gasteiger partial charge is 0.251 e. The highest BCUT2D eigenvalue weighted by Crippen LogP contribution is 2.08. The average Bonchev–Trinajstić information content (AvgIpc) is 2.15. The van der Waals surface area contributed by atoms with Crippen molar-refractivity contribution in [1.29, 1.82) is 0 Å². The summed E-state index contributed by atoms with van der Waals surface area (Å²) in [5.74, 6) is 0.636. The minimum Gasteiger partial charge on any atom is -0.352 e. The fourth-order valence-electron chi connectivity index (χ4n) is 1.46. The second kappa shape index (κ2) is 6.42. The second-order valence-corrected chi connectivity index (χ2v) is 4.99. The van der Waals surface area contributed by atoms with Gasteiger partial charge in [-0.3, -0.25) is 4.79 Å². The Morgan fingerprint density at radius 3 is 2.81 bits per heavy atom. The quantitative estimate of drug-likeness (QED) is 0.813. The van der Waals surface area contributed by atoms with Gasteiger partial charge < -0.3 is 10.6 Å². The largest absolute Gasteiger partial charge is 0.352 e. The molecule has 0 atom stereocenters. The van der Waals surface area contributed by atoms with E-state index in [-0.39, 0.29) is 18.3 Å². The van der Waals surface area contributed by atoms with Crippen LogP contribution in [-0.2, 0) is 0 Å². The second-order valence-electron chi connectivity index (χ2n) is 3.74. The van der Waals surface area contributed by atoms with Crippen LogP contribution in [0.25, 0.3) is 0 Å². The minimum absolute atomic E-state index is 0. The van der Waals surface area contributed by atoms with Gasteiger partial charge in [-0.05, 0) is 40.8 Å². The molecule has 1 amide bonds. The van der Waals surface area contributed by atoms with E-state index in [1.54, 1.807) is 0 Å².